The lowest BCUT2D eigenvalue weighted by molar-refractivity contribution is 0.0989. The van der Waals surface area contributed by atoms with Gasteiger partial charge in [0.1, 0.15) is 0 Å². The fourth-order valence-corrected chi connectivity index (χ4v) is 3.68. The minimum absolute atomic E-state index is 0.0225. The van der Waals surface area contributed by atoms with Crippen LogP contribution in [0.2, 0.25) is 0 Å². The van der Waals surface area contributed by atoms with E-state index in [9.17, 15) is 9.59 Å². The van der Waals surface area contributed by atoms with E-state index in [0.29, 0.717) is 17.8 Å². The SMILES string of the molecule is Cc1ccc(C(=O)N2CCc3ccc(NC(=O)Nc4cc(C)ccc4C)cc32)cc1. The Hall–Kier alpha value is -3.60. The molecule has 152 valence electrons. The fraction of sp³-hybridized carbons (Fsp3) is 0.200. The van der Waals surface area contributed by atoms with Gasteiger partial charge >= 0.3 is 6.03 Å². The molecule has 0 spiro atoms. The molecule has 0 atom stereocenters. The van der Waals surface area contributed by atoms with Crippen LogP contribution in [0.3, 0.4) is 0 Å². The van der Waals surface area contributed by atoms with Gasteiger partial charge in [0, 0.05) is 29.2 Å². The second kappa shape index (κ2) is 8.03. The maximum Gasteiger partial charge on any atom is 0.323 e. The van der Waals surface area contributed by atoms with Gasteiger partial charge in [-0.1, -0.05) is 35.9 Å². The van der Waals surface area contributed by atoms with E-state index in [1.807, 2.05) is 81.4 Å². The molecule has 30 heavy (non-hydrogen) atoms. The van der Waals surface area contributed by atoms with Crippen LogP contribution in [-0.2, 0) is 6.42 Å². The van der Waals surface area contributed by atoms with Gasteiger partial charge in [-0.3, -0.25) is 4.79 Å². The van der Waals surface area contributed by atoms with Crippen molar-refractivity contribution in [3.05, 3.63) is 88.5 Å². The molecule has 0 fully saturated rings. The molecule has 0 radical (unpaired) electrons. The first-order valence-corrected chi connectivity index (χ1v) is 10.1. The first kappa shape index (κ1) is 19.7. The molecule has 3 amide bonds. The van der Waals surface area contributed by atoms with Crippen molar-refractivity contribution in [1.29, 1.82) is 0 Å². The summed E-state index contributed by atoms with van der Waals surface area (Å²) in [6, 6.07) is 19.0. The number of nitrogens with one attached hydrogen (secondary N) is 2. The number of benzene rings is 3. The Morgan fingerprint density at radius 3 is 2.33 bits per heavy atom. The number of rotatable bonds is 3. The minimum atomic E-state index is -0.307. The maximum absolute atomic E-state index is 13.0. The number of carbonyl (C=O) groups excluding carboxylic acids is 2. The van der Waals surface area contributed by atoms with Crippen LogP contribution in [0.25, 0.3) is 0 Å². The van der Waals surface area contributed by atoms with Gasteiger partial charge in [0.25, 0.3) is 5.91 Å². The van der Waals surface area contributed by atoms with Crippen molar-refractivity contribution < 1.29 is 9.59 Å². The normalized spacial score (nSPS) is 12.4. The Labute approximate surface area is 176 Å². The van der Waals surface area contributed by atoms with Gasteiger partial charge in [0.15, 0.2) is 0 Å². The summed E-state index contributed by atoms with van der Waals surface area (Å²) in [5, 5.41) is 5.79. The Morgan fingerprint density at radius 1 is 0.833 bits per heavy atom. The number of fused-ring (bicyclic) bond motifs is 1. The van der Waals surface area contributed by atoms with E-state index in [4.69, 9.17) is 0 Å². The Bertz CT molecular complexity index is 1120. The standard InChI is InChI=1S/C25H25N3O2/c1-16-5-8-20(9-6-16)24(29)28-13-12-19-10-11-21(15-23(19)28)26-25(30)27-22-14-17(2)4-7-18(22)3/h4-11,14-15H,12-13H2,1-3H3,(H2,26,27,30). The summed E-state index contributed by atoms with van der Waals surface area (Å²) in [7, 11) is 0. The van der Waals surface area contributed by atoms with Crippen LogP contribution in [0.15, 0.2) is 60.7 Å². The topological polar surface area (TPSA) is 61.4 Å². The van der Waals surface area contributed by atoms with E-state index in [-0.39, 0.29) is 11.9 Å². The van der Waals surface area contributed by atoms with Crippen LogP contribution in [0, 0.1) is 20.8 Å². The largest absolute Gasteiger partial charge is 0.323 e. The highest BCUT2D eigenvalue weighted by Crippen LogP contribution is 2.32. The van der Waals surface area contributed by atoms with Gasteiger partial charge in [-0.25, -0.2) is 4.79 Å². The average Bonchev–Trinajstić information content (AvgIpc) is 3.14. The molecule has 3 aromatic carbocycles. The summed E-state index contributed by atoms with van der Waals surface area (Å²) in [5.74, 6) is -0.0225. The van der Waals surface area contributed by atoms with Crippen molar-refractivity contribution in [2.24, 2.45) is 0 Å². The number of anilines is 3. The molecule has 4 rings (SSSR count). The predicted octanol–water partition coefficient (Wildman–Crippen LogP) is 5.46. The molecule has 5 heteroatoms. The third-order valence-corrected chi connectivity index (χ3v) is 5.42. The second-order valence-corrected chi connectivity index (χ2v) is 7.81. The maximum atomic E-state index is 13.0. The third kappa shape index (κ3) is 4.06. The summed E-state index contributed by atoms with van der Waals surface area (Å²) in [6.07, 6.45) is 0.807. The zero-order valence-electron chi connectivity index (χ0n) is 17.5. The number of aryl methyl sites for hydroxylation is 3. The van der Waals surface area contributed by atoms with Gasteiger partial charge in [0.2, 0.25) is 0 Å². The van der Waals surface area contributed by atoms with Crippen molar-refractivity contribution in [3.8, 4) is 0 Å². The van der Waals surface area contributed by atoms with E-state index < -0.39 is 0 Å². The lowest BCUT2D eigenvalue weighted by atomic mass is 10.1. The first-order chi connectivity index (χ1) is 14.4. The molecule has 0 saturated carbocycles. The third-order valence-electron chi connectivity index (χ3n) is 5.42. The smallest absolute Gasteiger partial charge is 0.308 e. The summed E-state index contributed by atoms with van der Waals surface area (Å²) >= 11 is 0. The highest BCUT2D eigenvalue weighted by molar-refractivity contribution is 6.08. The van der Waals surface area contributed by atoms with Crippen molar-refractivity contribution in [3.63, 3.8) is 0 Å². The molecular formula is C25H25N3O2. The van der Waals surface area contributed by atoms with Crippen LogP contribution < -0.4 is 15.5 Å². The van der Waals surface area contributed by atoms with Gasteiger partial charge in [0.05, 0.1) is 0 Å². The van der Waals surface area contributed by atoms with Crippen LogP contribution >= 0.6 is 0 Å². The number of carbonyl (C=O) groups is 2. The molecule has 5 nitrogen and oxygen atoms in total. The van der Waals surface area contributed by atoms with Gasteiger partial charge in [-0.2, -0.15) is 0 Å². The number of hydrogen-bond acceptors (Lipinski definition) is 2. The molecule has 2 N–H and O–H groups in total. The van der Waals surface area contributed by atoms with E-state index in [1.165, 1.54) is 0 Å². The molecule has 3 aromatic rings. The van der Waals surface area contributed by atoms with Crippen molar-refractivity contribution >= 4 is 29.0 Å². The van der Waals surface area contributed by atoms with E-state index in [2.05, 4.69) is 10.6 Å². The van der Waals surface area contributed by atoms with Gasteiger partial charge in [-0.15, -0.1) is 0 Å². The van der Waals surface area contributed by atoms with Crippen molar-refractivity contribution in [1.82, 2.24) is 0 Å². The van der Waals surface area contributed by atoms with Gasteiger partial charge in [-0.05, 0) is 74.2 Å². The Balaban J connectivity index is 1.51. The fourth-order valence-electron chi connectivity index (χ4n) is 3.68. The van der Waals surface area contributed by atoms with Crippen molar-refractivity contribution in [2.45, 2.75) is 27.2 Å². The zero-order valence-corrected chi connectivity index (χ0v) is 17.5. The summed E-state index contributed by atoms with van der Waals surface area (Å²) in [5.41, 5.74) is 7.26. The molecule has 0 saturated heterocycles. The lowest BCUT2D eigenvalue weighted by Gasteiger charge is -2.18. The summed E-state index contributed by atoms with van der Waals surface area (Å²) in [4.78, 5) is 27.3. The number of nitrogens with zero attached hydrogens (tertiary/aromatic N) is 1. The average molecular weight is 399 g/mol. The molecule has 0 aromatic heterocycles. The number of hydrogen-bond donors (Lipinski definition) is 2. The van der Waals surface area contributed by atoms with Gasteiger partial charge < -0.3 is 15.5 Å². The second-order valence-electron chi connectivity index (χ2n) is 7.81. The number of amides is 3. The Morgan fingerprint density at radius 2 is 1.57 bits per heavy atom. The zero-order chi connectivity index (χ0) is 21.3. The molecule has 1 heterocycles. The van der Waals surface area contributed by atoms with Crippen LogP contribution in [0.1, 0.15) is 32.6 Å². The molecule has 1 aliphatic rings. The summed E-state index contributed by atoms with van der Waals surface area (Å²) < 4.78 is 0. The van der Waals surface area contributed by atoms with Crippen LogP contribution in [0.5, 0.6) is 0 Å². The predicted molar refractivity (Wildman–Crippen MR) is 122 cm³/mol. The molecule has 0 aliphatic carbocycles. The van der Waals surface area contributed by atoms with E-state index in [1.54, 1.807) is 4.90 Å². The summed E-state index contributed by atoms with van der Waals surface area (Å²) in [6.45, 7) is 6.59. The minimum Gasteiger partial charge on any atom is -0.308 e. The molecular weight excluding hydrogens is 374 g/mol. The molecule has 0 bridgehead atoms. The number of urea groups is 1. The molecule has 1 aliphatic heterocycles. The van der Waals surface area contributed by atoms with Crippen LogP contribution in [0.4, 0.5) is 21.9 Å². The van der Waals surface area contributed by atoms with Crippen molar-refractivity contribution in [2.75, 3.05) is 22.1 Å². The van der Waals surface area contributed by atoms with Crippen LogP contribution in [-0.4, -0.2) is 18.5 Å². The Kier molecular flexibility index (Phi) is 5.27. The molecule has 0 unspecified atom stereocenters. The first-order valence-electron chi connectivity index (χ1n) is 10.1. The quantitative estimate of drug-likeness (QED) is 0.614. The van der Waals surface area contributed by atoms with E-state index >= 15 is 0 Å². The highest BCUT2D eigenvalue weighted by Gasteiger charge is 2.26. The highest BCUT2D eigenvalue weighted by atomic mass is 16.2. The van der Waals surface area contributed by atoms with E-state index in [0.717, 1.165) is 40.0 Å². The monoisotopic (exact) mass is 399 g/mol. The lowest BCUT2D eigenvalue weighted by Crippen LogP contribution is -2.29.